The van der Waals surface area contributed by atoms with E-state index in [-0.39, 0.29) is 0 Å². The van der Waals surface area contributed by atoms with Gasteiger partial charge in [-0.05, 0) is 12.8 Å². The lowest BCUT2D eigenvalue weighted by molar-refractivity contribution is 0.110. The van der Waals surface area contributed by atoms with Crippen molar-refractivity contribution in [3.05, 3.63) is 0 Å². The lowest BCUT2D eigenvalue weighted by atomic mass is 10.2. The summed E-state index contributed by atoms with van der Waals surface area (Å²) in [5.41, 5.74) is 0. The first kappa shape index (κ1) is 10.7. The minimum absolute atomic E-state index is 0.478. The van der Waals surface area contributed by atoms with Crippen molar-refractivity contribution in [1.29, 1.82) is 0 Å². The van der Waals surface area contributed by atoms with Gasteiger partial charge in [-0.15, -0.1) is 0 Å². The molecular weight excluding hydrogens is 196 g/mol. The minimum Gasteiger partial charge on any atom is -0.377 e. The molecule has 2 rings (SSSR count). The molecular formula is C10H20N2OS. The summed E-state index contributed by atoms with van der Waals surface area (Å²) in [6, 6.07) is 0.662. The average Bonchev–Trinajstić information content (AvgIpc) is 2.72. The highest BCUT2D eigenvalue weighted by Gasteiger charge is 2.16. The normalized spacial score (nSPS) is 33.4. The molecule has 0 aromatic heterocycles. The zero-order valence-corrected chi connectivity index (χ0v) is 9.44. The topological polar surface area (TPSA) is 33.3 Å². The van der Waals surface area contributed by atoms with Crippen molar-refractivity contribution >= 4 is 11.8 Å². The molecule has 82 valence electrons. The maximum absolute atomic E-state index is 5.55. The highest BCUT2D eigenvalue weighted by Crippen LogP contribution is 2.11. The molecule has 0 radical (unpaired) electrons. The van der Waals surface area contributed by atoms with E-state index in [0.717, 1.165) is 26.2 Å². The first-order valence-corrected chi connectivity index (χ1v) is 6.74. The van der Waals surface area contributed by atoms with E-state index in [0.29, 0.717) is 12.1 Å². The third-order valence-electron chi connectivity index (χ3n) is 2.79. The van der Waals surface area contributed by atoms with E-state index >= 15 is 0 Å². The molecule has 2 N–H and O–H groups in total. The minimum atomic E-state index is 0.478. The first-order valence-electron chi connectivity index (χ1n) is 5.58. The van der Waals surface area contributed by atoms with Crippen LogP contribution in [0.25, 0.3) is 0 Å². The number of hydrogen-bond donors (Lipinski definition) is 2. The Kier molecular flexibility index (Phi) is 4.57. The summed E-state index contributed by atoms with van der Waals surface area (Å²) in [6.07, 6.45) is 2.95. The Morgan fingerprint density at radius 3 is 3.14 bits per heavy atom. The zero-order valence-electron chi connectivity index (χ0n) is 8.63. The fraction of sp³-hybridized carbons (Fsp3) is 1.00. The summed E-state index contributed by atoms with van der Waals surface area (Å²) in [6.45, 7) is 4.25. The van der Waals surface area contributed by atoms with Crippen molar-refractivity contribution in [2.24, 2.45) is 0 Å². The predicted molar refractivity (Wildman–Crippen MR) is 61.0 cm³/mol. The van der Waals surface area contributed by atoms with Crippen LogP contribution in [0, 0.1) is 0 Å². The van der Waals surface area contributed by atoms with Gasteiger partial charge < -0.3 is 15.4 Å². The fourth-order valence-corrected chi connectivity index (χ4v) is 2.92. The van der Waals surface area contributed by atoms with Crippen molar-refractivity contribution in [2.75, 3.05) is 37.7 Å². The van der Waals surface area contributed by atoms with Gasteiger partial charge in [-0.1, -0.05) is 0 Å². The third-order valence-corrected chi connectivity index (χ3v) is 3.92. The van der Waals surface area contributed by atoms with Crippen LogP contribution in [0.3, 0.4) is 0 Å². The lowest BCUT2D eigenvalue weighted by Gasteiger charge is -2.24. The van der Waals surface area contributed by atoms with E-state index in [4.69, 9.17) is 4.74 Å². The van der Waals surface area contributed by atoms with Crippen LogP contribution in [0.5, 0.6) is 0 Å². The van der Waals surface area contributed by atoms with Crippen LogP contribution in [0.4, 0.5) is 0 Å². The molecule has 0 amide bonds. The van der Waals surface area contributed by atoms with Crippen LogP contribution in [-0.2, 0) is 4.74 Å². The summed E-state index contributed by atoms with van der Waals surface area (Å²) >= 11 is 2.05. The molecule has 0 aliphatic carbocycles. The Bertz CT molecular complexity index is 156. The third kappa shape index (κ3) is 3.42. The number of rotatable bonds is 4. The number of hydrogen-bond acceptors (Lipinski definition) is 4. The molecule has 0 aromatic rings. The number of ether oxygens (including phenoxy) is 1. The van der Waals surface area contributed by atoms with Crippen LogP contribution in [0.15, 0.2) is 0 Å². The zero-order chi connectivity index (χ0) is 9.64. The molecule has 2 atom stereocenters. The average molecular weight is 216 g/mol. The molecule has 2 fully saturated rings. The molecule has 0 aromatic carbocycles. The van der Waals surface area contributed by atoms with Gasteiger partial charge in [0, 0.05) is 43.8 Å². The molecule has 0 spiro atoms. The molecule has 3 nitrogen and oxygen atoms in total. The summed E-state index contributed by atoms with van der Waals surface area (Å²) in [5.74, 6) is 2.51. The first-order chi connectivity index (χ1) is 6.95. The van der Waals surface area contributed by atoms with Crippen molar-refractivity contribution in [1.82, 2.24) is 10.6 Å². The molecule has 4 heteroatoms. The molecule has 14 heavy (non-hydrogen) atoms. The highest BCUT2D eigenvalue weighted by molar-refractivity contribution is 7.99. The molecule has 2 heterocycles. The van der Waals surface area contributed by atoms with Gasteiger partial charge in [0.1, 0.15) is 0 Å². The smallest absolute Gasteiger partial charge is 0.0700 e. The van der Waals surface area contributed by atoms with Gasteiger partial charge >= 0.3 is 0 Å². The second-order valence-corrected chi connectivity index (χ2v) is 5.17. The molecule has 2 aliphatic rings. The van der Waals surface area contributed by atoms with Crippen molar-refractivity contribution in [3.63, 3.8) is 0 Å². The Labute approximate surface area is 90.3 Å². The van der Waals surface area contributed by atoms with Gasteiger partial charge in [-0.3, -0.25) is 0 Å². The summed E-state index contributed by atoms with van der Waals surface area (Å²) in [4.78, 5) is 0. The van der Waals surface area contributed by atoms with Gasteiger partial charge in [-0.2, -0.15) is 11.8 Å². The van der Waals surface area contributed by atoms with E-state index in [2.05, 4.69) is 22.4 Å². The maximum atomic E-state index is 5.55. The Morgan fingerprint density at radius 1 is 1.43 bits per heavy atom. The lowest BCUT2D eigenvalue weighted by Crippen LogP contribution is -2.45. The van der Waals surface area contributed by atoms with E-state index in [1.165, 1.54) is 24.3 Å². The maximum Gasteiger partial charge on any atom is 0.0700 e. The van der Waals surface area contributed by atoms with E-state index < -0.39 is 0 Å². The van der Waals surface area contributed by atoms with Crippen molar-refractivity contribution < 1.29 is 4.74 Å². The molecule has 0 bridgehead atoms. The summed E-state index contributed by atoms with van der Waals surface area (Å²) < 4.78 is 5.55. The van der Waals surface area contributed by atoms with Gasteiger partial charge in [0.25, 0.3) is 0 Å². The van der Waals surface area contributed by atoms with Crippen LogP contribution in [0.2, 0.25) is 0 Å². The molecule has 2 aliphatic heterocycles. The van der Waals surface area contributed by atoms with Crippen LogP contribution >= 0.6 is 11.8 Å². The van der Waals surface area contributed by atoms with Crippen LogP contribution in [0.1, 0.15) is 12.8 Å². The van der Waals surface area contributed by atoms with Crippen molar-refractivity contribution in [3.8, 4) is 0 Å². The van der Waals surface area contributed by atoms with Gasteiger partial charge in [0.05, 0.1) is 6.10 Å². The van der Waals surface area contributed by atoms with Crippen LogP contribution < -0.4 is 10.6 Å². The van der Waals surface area contributed by atoms with Crippen molar-refractivity contribution in [2.45, 2.75) is 25.0 Å². The van der Waals surface area contributed by atoms with Crippen LogP contribution in [-0.4, -0.2) is 49.9 Å². The number of nitrogens with one attached hydrogen (secondary N) is 2. The molecule has 2 unspecified atom stereocenters. The van der Waals surface area contributed by atoms with Gasteiger partial charge in [-0.25, -0.2) is 0 Å². The summed E-state index contributed by atoms with van der Waals surface area (Å²) in [5, 5.41) is 7.02. The van der Waals surface area contributed by atoms with Gasteiger partial charge in [0.2, 0.25) is 0 Å². The highest BCUT2D eigenvalue weighted by atomic mass is 32.2. The quantitative estimate of drug-likeness (QED) is 0.715. The monoisotopic (exact) mass is 216 g/mol. The van der Waals surface area contributed by atoms with E-state index in [1.807, 2.05) is 0 Å². The Hall–Kier alpha value is 0.230. The summed E-state index contributed by atoms with van der Waals surface area (Å²) in [7, 11) is 0. The standard InChI is InChI=1S/C10H20N2OS/c1-2-10(13-4-1)7-11-6-9-8-14-5-3-12-9/h9-12H,1-8H2. The SMILES string of the molecule is C1COC(CNCC2CSCCN2)C1. The largest absolute Gasteiger partial charge is 0.377 e. The second kappa shape index (κ2) is 5.95. The molecule has 2 saturated heterocycles. The Morgan fingerprint density at radius 2 is 2.43 bits per heavy atom. The molecule has 0 saturated carbocycles. The number of thioether (sulfide) groups is 1. The fourth-order valence-electron chi connectivity index (χ4n) is 1.97. The second-order valence-electron chi connectivity index (χ2n) is 4.02. The Balaban J connectivity index is 1.52. The van der Waals surface area contributed by atoms with E-state index in [1.54, 1.807) is 0 Å². The predicted octanol–water partition coefficient (Wildman–Crippen LogP) is 0.460. The van der Waals surface area contributed by atoms with Gasteiger partial charge in [0.15, 0.2) is 0 Å². The van der Waals surface area contributed by atoms with E-state index in [9.17, 15) is 0 Å².